The van der Waals surface area contributed by atoms with Crippen LogP contribution in [0.15, 0.2) is 30.5 Å². The van der Waals surface area contributed by atoms with Gasteiger partial charge in [0.25, 0.3) is 0 Å². The van der Waals surface area contributed by atoms with Crippen molar-refractivity contribution in [1.82, 2.24) is 4.98 Å². The zero-order valence-electron chi connectivity index (χ0n) is 10.5. The number of pyridine rings is 1. The Morgan fingerprint density at radius 2 is 1.95 bits per heavy atom. The lowest BCUT2D eigenvalue weighted by Crippen LogP contribution is -2.11. The molecule has 4 nitrogen and oxygen atoms in total. The maximum Gasteiger partial charge on any atom is 0.213 e. The monoisotopic (exact) mass is 295 g/mol. The van der Waals surface area contributed by atoms with Crippen LogP contribution in [0.4, 0.5) is 20.2 Å². The molecular weight excluding hydrogens is 284 g/mol. The molecule has 0 aliphatic rings. The van der Waals surface area contributed by atoms with Crippen molar-refractivity contribution in [1.29, 1.82) is 0 Å². The fourth-order valence-electron chi connectivity index (χ4n) is 1.55. The molecule has 20 heavy (non-hydrogen) atoms. The van der Waals surface area contributed by atoms with E-state index < -0.39 is 11.6 Å². The molecule has 104 valence electrons. The third-order valence-electron chi connectivity index (χ3n) is 2.54. The Labute approximate surface area is 119 Å². The smallest absolute Gasteiger partial charge is 0.213 e. The molecule has 1 aromatic carbocycles. The highest BCUT2D eigenvalue weighted by atomic mass is 32.1. The summed E-state index contributed by atoms with van der Waals surface area (Å²) in [6.45, 7) is 0. The number of aromatic nitrogens is 1. The second kappa shape index (κ2) is 5.79. The molecule has 0 bridgehead atoms. The highest BCUT2D eigenvalue weighted by Gasteiger charge is 2.12. The summed E-state index contributed by atoms with van der Waals surface area (Å²) in [5, 5.41) is 2.61. The van der Waals surface area contributed by atoms with Crippen LogP contribution in [0.1, 0.15) is 5.56 Å². The molecule has 0 fully saturated rings. The molecule has 0 atom stereocenters. The summed E-state index contributed by atoms with van der Waals surface area (Å²) in [6, 6.07) is 5.31. The lowest BCUT2D eigenvalue weighted by Gasteiger charge is -2.10. The molecule has 2 rings (SSSR count). The summed E-state index contributed by atoms with van der Waals surface area (Å²) >= 11 is 4.68. The van der Waals surface area contributed by atoms with Crippen molar-refractivity contribution in [3.63, 3.8) is 0 Å². The minimum absolute atomic E-state index is 0.0690. The predicted octanol–water partition coefficient (Wildman–Crippen LogP) is 2.75. The van der Waals surface area contributed by atoms with Gasteiger partial charge in [0.1, 0.15) is 22.3 Å². The number of ether oxygens (including phenoxy) is 1. The number of hydrogen-bond acceptors (Lipinski definition) is 4. The minimum atomic E-state index is -0.788. The van der Waals surface area contributed by atoms with Crippen LogP contribution in [0, 0.1) is 11.6 Å². The van der Waals surface area contributed by atoms with Crippen molar-refractivity contribution in [2.75, 3.05) is 12.4 Å². The average molecular weight is 295 g/mol. The normalized spacial score (nSPS) is 10.2. The number of nitrogens with one attached hydrogen (secondary N) is 1. The Morgan fingerprint density at radius 1 is 1.30 bits per heavy atom. The van der Waals surface area contributed by atoms with Gasteiger partial charge in [-0.15, -0.1) is 0 Å². The summed E-state index contributed by atoms with van der Waals surface area (Å²) in [5.74, 6) is -1.17. The molecule has 0 radical (unpaired) electrons. The Kier molecular flexibility index (Phi) is 4.09. The maximum absolute atomic E-state index is 13.8. The maximum atomic E-state index is 13.8. The first-order valence-electron chi connectivity index (χ1n) is 5.57. The molecule has 0 unspecified atom stereocenters. The van der Waals surface area contributed by atoms with Crippen LogP contribution in [0.5, 0.6) is 5.88 Å². The molecule has 3 N–H and O–H groups in total. The number of nitrogens with zero attached hydrogens (tertiary/aromatic N) is 1. The van der Waals surface area contributed by atoms with Crippen LogP contribution >= 0.6 is 12.2 Å². The number of methoxy groups -OCH3 is 1. The van der Waals surface area contributed by atoms with Gasteiger partial charge in [-0.3, -0.25) is 0 Å². The second-order valence-corrected chi connectivity index (χ2v) is 4.33. The number of benzene rings is 1. The Balaban J connectivity index is 2.30. The van der Waals surface area contributed by atoms with Gasteiger partial charge in [-0.05, 0) is 18.2 Å². The standard InChI is InChI=1S/C13H11F2N3OS/c1-19-11-3-2-8(6-17-11)18-12-9(14)4-7(13(16)20)5-10(12)15/h2-6,18H,1H3,(H2,16,20). The van der Waals surface area contributed by atoms with E-state index in [0.29, 0.717) is 11.6 Å². The van der Waals surface area contributed by atoms with E-state index in [4.69, 9.17) is 10.5 Å². The Bertz CT molecular complexity index is 624. The number of nitrogens with two attached hydrogens (primary N) is 1. The molecule has 1 aromatic heterocycles. The molecule has 0 aliphatic carbocycles. The molecule has 0 aliphatic heterocycles. The van der Waals surface area contributed by atoms with Gasteiger partial charge in [-0.25, -0.2) is 13.8 Å². The van der Waals surface area contributed by atoms with Crippen molar-refractivity contribution >= 4 is 28.6 Å². The van der Waals surface area contributed by atoms with Gasteiger partial charge in [-0.1, -0.05) is 12.2 Å². The molecular formula is C13H11F2N3OS. The first-order valence-corrected chi connectivity index (χ1v) is 5.98. The third-order valence-corrected chi connectivity index (χ3v) is 2.78. The summed E-state index contributed by atoms with van der Waals surface area (Å²) < 4.78 is 32.6. The first-order chi connectivity index (χ1) is 9.51. The third kappa shape index (κ3) is 3.00. The quantitative estimate of drug-likeness (QED) is 0.849. The van der Waals surface area contributed by atoms with Gasteiger partial charge in [0, 0.05) is 11.6 Å². The van der Waals surface area contributed by atoms with Gasteiger partial charge in [-0.2, -0.15) is 0 Å². The fourth-order valence-corrected chi connectivity index (χ4v) is 1.67. The SMILES string of the molecule is COc1ccc(Nc2c(F)cc(C(N)=S)cc2F)cn1. The van der Waals surface area contributed by atoms with Gasteiger partial charge in [0.05, 0.1) is 19.0 Å². The lowest BCUT2D eigenvalue weighted by atomic mass is 10.2. The van der Waals surface area contributed by atoms with E-state index in [1.54, 1.807) is 12.1 Å². The van der Waals surface area contributed by atoms with E-state index in [0.717, 1.165) is 12.1 Å². The lowest BCUT2D eigenvalue weighted by molar-refractivity contribution is 0.398. The first kappa shape index (κ1) is 14.1. The molecule has 1 heterocycles. The van der Waals surface area contributed by atoms with E-state index in [1.165, 1.54) is 13.3 Å². The predicted molar refractivity (Wildman–Crippen MR) is 76.3 cm³/mol. The fraction of sp³-hybridized carbons (Fsp3) is 0.0769. The summed E-state index contributed by atoms with van der Waals surface area (Å²) in [6.07, 6.45) is 1.40. The van der Waals surface area contributed by atoms with Crippen molar-refractivity contribution < 1.29 is 13.5 Å². The number of halogens is 2. The average Bonchev–Trinajstić information content (AvgIpc) is 2.43. The number of hydrogen-bond donors (Lipinski definition) is 2. The van der Waals surface area contributed by atoms with E-state index >= 15 is 0 Å². The molecule has 7 heteroatoms. The van der Waals surface area contributed by atoms with Crippen molar-refractivity contribution in [3.05, 3.63) is 47.7 Å². The zero-order valence-corrected chi connectivity index (χ0v) is 11.3. The minimum Gasteiger partial charge on any atom is -0.481 e. The summed E-state index contributed by atoms with van der Waals surface area (Å²) in [7, 11) is 1.48. The summed E-state index contributed by atoms with van der Waals surface area (Å²) in [4.78, 5) is 3.86. The van der Waals surface area contributed by atoms with Gasteiger partial charge in [0.15, 0.2) is 0 Å². The highest BCUT2D eigenvalue weighted by Crippen LogP contribution is 2.25. The van der Waals surface area contributed by atoms with E-state index in [-0.39, 0.29) is 16.2 Å². The van der Waals surface area contributed by atoms with E-state index in [9.17, 15) is 8.78 Å². The molecule has 0 amide bonds. The van der Waals surface area contributed by atoms with Crippen LogP contribution in [-0.2, 0) is 0 Å². The molecule has 0 saturated heterocycles. The molecule has 0 saturated carbocycles. The zero-order chi connectivity index (χ0) is 14.7. The number of rotatable bonds is 4. The largest absolute Gasteiger partial charge is 0.481 e. The van der Waals surface area contributed by atoms with Crippen molar-refractivity contribution in [2.45, 2.75) is 0 Å². The van der Waals surface area contributed by atoms with Crippen molar-refractivity contribution in [3.8, 4) is 5.88 Å². The van der Waals surface area contributed by atoms with Gasteiger partial charge >= 0.3 is 0 Å². The topological polar surface area (TPSA) is 60.2 Å². The Hall–Kier alpha value is -2.28. The second-order valence-electron chi connectivity index (χ2n) is 3.89. The van der Waals surface area contributed by atoms with Gasteiger partial charge < -0.3 is 15.8 Å². The Morgan fingerprint density at radius 3 is 2.40 bits per heavy atom. The highest BCUT2D eigenvalue weighted by molar-refractivity contribution is 7.80. The summed E-state index contributed by atoms with van der Waals surface area (Å²) in [5.41, 5.74) is 5.60. The molecule has 0 spiro atoms. The number of anilines is 2. The van der Waals surface area contributed by atoms with Crippen molar-refractivity contribution in [2.24, 2.45) is 5.73 Å². The van der Waals surface area contributed by atoms with Crippen LogP contribution in [0.2, 0.25) is 0 Å². The van der Waals surface area contributed by atoms with E-state index in [1.807, 2.05) is 0 Å². The van der Waals surface area contributed by atoms with Crippen LogP contribution < -0.4 is 15.8 Å². The molecule has 2 aromatic rings. The van der Waals surface area contributed by atoms with Crippen LogP contribution in [0.3, 0.4) is 0 Å². The van der Waals surface area contributed by atoms with Crippen LogP contribution in [0.25, 0.3) is 0 Å². The van der Waals surface area contributed by atoms with Gasteiger partial charge in [0.2, 0.25) is 5.88 Å². The number of thiocarbonyl (C=S) groups is 1. The van der Waals surface area contributed by atoms with E-state index in [2.05, 4.69) is 22.5 Å². The van der Waals surface area contributed by atoms with Crippen LogP contribution in [-0.4, -0.2) is 17.1 Å².